The van der Waals surface area contributed by atoms with Gasteiger partial charge in [-0.2, -0.15) is 0 Å². The van der Waals surface area contributed by atoms with Crippen LogP contribution < -0.4 is 0 Å². The Morgan fingerprint density at radius 3 is 1.49 bits per heavy atom. The molecule has 0 radical (unpaired) electrons. The Morgan fingerprint density at radius 1 is 0.273 bits per heavy atom. The highest BCUT2D eigenvalue weighted by molar-refractivity contribution is 7.26. The SMILES string of the molecule is c1ccc2c(-c3c4ccccc4c(-c4ccc5cc(-c6ccc7c(ccc8c7sc7ccc9ccccc9c78)c6)ccc5c4)c4ccccc34)cccc2c1. The molecule has 254 valence electrons. The summed E-state index contributed by atoms with van der Waals surface area (Å²) in [6.07, 6.45) is 0. The minimum atomic E-state index is 1.24. The Morgan fingerprint density at radius 2 is 0.764 bits per heavy atom. The Bertz CT molecular complexity index is 3490. The molecule has 0 bridgehead atoms. The van der Waals surface area contributed by atoms with Crippen LogP contribution in [0.5, 0.6) is 0 Å². The molecule has 0 N–H and O–H groups in total. The number of thiophene rings is 1. The fraction of sp³-hybridized carbons (Fsp3) is 0. The monoisotopic (exact) mass is 712 g/mol. The van der Waals surface area contributed by atoms with Crippen LogP contribution in [0.1, 0.15) is 0 Å². The zero-order valence-corrected chi connectivity index (χ0v) is 30.7. The first-order valence-electron chi connectivity index (χ1n) is 19.0. The van der Waals surface area contributed by atoms with Crippen molar-refractivity contribution in [3.8, 4) is 33.4 Å². The predicted octanol–water partition coefficient (Wildman–Crippen LogP) is 16.0. The minimum absolute atomic E-state index is 1.24. The summed E-state index contributed by atoms with van der Waals surface area (Å²) in [4.78, 5) is 0. The molecule has 1 heteroatoms. The molecule has 0 nitrogen and oxygen atoms in total. The Labute approximate surface area is 322 Å². The summed E-state index contributed by atoms with van der Waals surface area (Å²) in [7, 11) is 0. The number of hydrogen-bond donors (Lipinski definition) is 0. The van der Waals surface area contributed by atoms with Crippen molar-refractivity contribution >= 4 is 96.1 Å². The molecule has 0 fully saturated rings. The van der Waals surface area contributed by atoms with Gasteiger partial charge in [0.05, 0.1) is 0 Å². The molecule has 0 aliphatic heterocycles. The van der Waals surface area contributed by atoms with Crippen molar-refractivity contribution in [3.63, 3.8) is 0 Å². The van der Waals surface area contributed by atoms with Gasteiger partial charge in [-0.05, 0) is 122 Å². The van der Waals surface area contributed by atoms with Crippen molar-refractivity contribution in [3.05, 3.63) is 194 Å². The largest absolute Gasteiger partial charge is 0.135 e. The van der Waals surface area contributed by atoms with E-state index in [1.807, 2.05) is 11.3 Å². The van der Waals surface area contributed by atoms with Gasteiger partial charge in [-0.1, -0.05) is 170 Å². The molecule has 55 heavy (non-hydrogen) atoms. The first kappa shape index (κ1) is 30.6. The molecule has 0 atom stereocenters. The zero-order valence-electron chi connectivity index (χ0n) is 29.9. The van der Waals surface area contributed by atoms with Crippen LogP contribution >= 0.6 is 11.3 Å². The second-order valence-electron chi connectivity index (χ2n) is 14.8. The lowest BCUT2D eigenvalue weighted by Crippen LogP contribution is -1.91. The fourth-order valence-electron chi connectivity index (χ4n) is 9.27. The lowest BCUT2D eigenvalue weighted by atomic mass is 9.84. The quantitative estimate of drug-likeness (QED) is 0.160. The molecule has 0 saturated heterocycles. The van der Waals surface area contributed by atoms with Gasteiger partial charge in [0.25, 0.3) is 0 Å². The van der Waals surface area contributed by atoms with Gasteiger partial charge in [-0.25, -0.2) is 0 Å². The summed E-state index contributed by atoms with van der Waals surface area (Å²) in [6, 6.07) is 72.2. The average molecular weight is 713 g/mol. The molecule has 11 aromatic carbocycles. The van der Waals surface area contributed by atoms with E-state index >= 15 is 0 Å². The summed E-state index contributed by atoms with van der Waals surface area (Å²) in [5, 5.41) is 18.1. The van der Waals surface area contributed by atoms with Gasteiger partial charge >= 0.3 is 0 Å². The Hall–Kier alpha value is -6.80. The maximum atomic E-state index is 2.38. The molecule has 0 unspecified atom stereocenters. The summed E-state index contributed by atoms with van der Waals surface area (Å²) in [5.74, 6) is 0. The van der Waals surface area contributed by atoms with E-state index < -0.39 is 0 Å². The van der Waals surface area contributed by atoms with Gasteiger partial charge in [0.15, 0.2) is 0 Å². The van der Waals surface area contributed by atoms with Crippen LogP contribution in [-0.4, -0.2) is 0 Å². The number of hydrogen-bond acceptors (Lipinski definition) is 1. The molecule has 1 aromatic heterocycles. The van der Waals surface area contributed by atoms with E-state index in [9.17, 15) is 0 Å². The van der Waals surface area contributed by atoms with Gasteiger partial charge in [0.1, 0.15) is 0 Å². The van der Waals surface area contributed by atoms with Crippen molar-refractivity contribution in [1.29, 1.82) is 0 Å². The molecule has 0 aliphatic carbocycles. The summed E-state index contributed by atoms with van der Waals surface area (Å²) >= 11 is 1.91. The lowest BCUT2D eigenvalue weighted by Gasteiger charge is -2.19. The highest BCUT2D eigenvalue weighted by Crippen LogP contribution is 2.46. The highest BCUT2D eigenvalue weighted by Gasteiger charge is 2.18. The number of rotatable bonds is 3. The van der Waals surface area contributed by atoms with E-state index in [0.29, 0.717) is 0 Å². The van der Waals surface area contributed by atoms with Gasteiger partial charge < -0.3 is 0 Å². The van der Waals surface area contributed by atoms with Gasteiger partial charge in [0.2, 0.25) is 0 Å². The van der Waals surface area contributed by atoms with E-state index in [1.54, 1.807) is 0 Å². The van der Waals surface area contributed by atoms with Crippen molar-refractivity contribution in [1.82, 2.24) is 0 Å². The molecule has 0 amide bonds. The van der Waals surface area contributed by atoms with Crippen molar-refractivity contribution in [2.75, 3.05) is 0 Å². The van der Waals surface area contributed by atoms with E-state index in [4.69, 9.17) is 0 Å². The van der Waals surface area contributed by atoms with Gasteiger partial charge in [-0.15, -0.1) is 11.3 Å². The van der Waals surface area contributed by atoms with Crippen LogP contribution in [0, 0.1) is 0 Å². The van der Waals surface area contributed by atoms with Crippen LogP contribution in [0.25, 0.3) is 118 Å². The zero-order chi connectivity index (χ0) is 36.0. The maximum absolute atomic E-state index is 2.38. The van der Waals surface area contributed by atoms with E-state index in [2.05, 4.69) is 194 Å². The highest BCUT2D eigenvalue weighted by atomic mass is 32.1. The summed E-state index contributed by atoms with van der Waals surface area (Å²) < 4.78 is 2.72. The van der Waals surface area contributed by atoms with Gasteiger partial charge in [0, 0.05) is 20.2 Å². The normalized spacial score (nSPS) is 12.0. The van der Waals surface area contributed by atoms with Crippen LogP contribution in [0.3, 0.4) is 0 Å². The van der Waals surface area contributed by atoms with Gasteiger partial charge in [-0.3, -0.25) is 0 Å². The fourth-order valence-corrected chi connectivity index (χ4v) is 10.5. The molecule has 12 aromatic rings. The van der Waals surface area contributed by atoms with Crippen molar-refractivity contribution < 1.29 is 0 Å². The molecule has 0 spiro atoms. The van der Waals surface area contributed by atoms with E-state index in [-0.39, 0.29) is 0 Å². The minimum Gasteiger partial charge on any atom is -0.135 e. The first-order valence-corrected chi connectivity index (χ1v) is 19.8. The van der Waals surface area contributed by atoms with Crippen molar-refractivity contribution in [2.45, 2.75) is 0 Å². The second kappa shape index (κ2) is 11.9. The first-order chi connectivity index (χ1) is 27.3. The molecule has 0 saturated carbocycles. The van der Waals surface area contributed by atoms with Crippen molar-refractivity contribution in [2.24, 2.45) is 0 Å². The predicted molar refractivity (Wildman–Crippen MR) is 241 cm³/mol. The Kier molecular flexibility index (Phi) is 6.60. The Balaban J connectivity index is 0.981. The topological polar surface area (TPSA) is 0 Å². The maximum Gasteiger partial charge on any atom is 0.0434 e. The third-order valence-corrected chi connectivity index (χ3v) is 13.0. The summed E-state index contributed by atoms with van der Waals surface area (Å²) in [6.45, 7) is 0. The second-order valence-corrected chi connectivity index (χ2v) is 15.8. The number of fused-ring (bicyclic) bond motifs is 11. The van der Waals surface area contributed by atoms with Crippen LogP contribution in [0.4, 0.5) is 0 Å². The van der Waals surface area contributed by atoms with E-state index in [0.717, 1.165) is 0 Å². The standard InChI is InChI=1S/C54H32S/c1-3-13-41-33(10-1)12-9-19-44(41)52-47-17-7-5-15-45(47)51(46-16-6-8-18-48(46)52)40-23-22-36-30-35(20-21-37(36)32-40)38-24-27-43-39(31-38)25-28-49-53-42-14-4-2-11-34(42)26-29-50(53)55-54(43)49/h1-32H. The van der Waals surface area contributed by atoms with Crippen LogP contribution in [0.15, 0.2) is 194 Å². The average Bonchev–Trinajstić information content (AvgIpc) is 3.65. The van der Waals surface area contributed by atoms with Crippen LogP contribution in [0.2, 0.25) is 0 Å². The smallest absolute Gasteiger partial charge is 0.0434 e. The molecule has 12 rings (SSSR count). The van der Waals surface area contributed by atoms with E-state index in [1.165, 1.54) is 118 Å². The number of benzene rings is 11. The summed E-state index contributed by atoms with van der Waals surface area (Å²) in [5.41, 5.74) is 7.58. The molecular weight excluding hydrogens is 681 g/mol. The third-order valence-electron chi connectivity index (χ3n) is 11.8. The molecule has 1 heterocycles. The molecular formula is C54H32S. The van der Waals surface area contributed by atoms with Crippen LogP contribution in [-0.2, 0) is 0 Å². The lowest BCUT2D eigenvalue weighted by molar-refractivity contribution is 1.67. The third kappa shape index (κ3) is 4.64. The molecule has 0 aliphatic rings.